The average molecular weight is 542 g/mol. The predicted octanol–water partition coefficient (Wildman–Crippen LogP) is 5.87. The van der Waals surface area contributed by atoms with Crippen LogP contribution in [-0.2, 0) is 21.8 Å². The Bertz CT molecular complexity index is 1720. The molecule has 0 fully saturated rings. The first-order valence-electron chi connectivity index (χ1n) is 12.5. The van der Waals surface area contributed by atoms with E-state index >= 15 is 0 Å². The summed E-state index contributed by atoms with van der Waals surface area (Å²) in [6.07, 6.45) is -0.286. The van der Waals surface area contributed by atoms with Gasteiger partial charge in [-0.25, -0.2) is 9.59 Å². The van der Waals surface area contributed by atoms with Crippen LogP contribution in [0, 0.1) is 13.8 Å². The van der Waals surface area contributed by atoms with E-state index in [0.29, 0.717) is 27.9 Å². The van der Waals surface area contributed by atoms with E-state index in [2.05, 4.69) is 5.32 Å². The summed E-state index contributed by atoms with van der Waals surface area (Å²) in [6, 6.07) is 22.1. The van der Waals surface area contributed by atoms with Crippen LogP contribution in [0.4, 0.5) is 0 Å². The van der Waals surface area contributed by atoms with E-state index in [-0.39, 0.29) is 17.7 Å². The monoisotopic (exact) mass is 541 g/mol. The third kappa shape index (κ3) is 5.61. The predicted molar refractivity (Wildman–Crippen MR) is 153 cm³/mol. The number of carbonyl (C=O) groups is 2. The van der Waals surface area contributed by atoms with Crippen molar-refractivity contribution in [1.29, 1.82) is 0 Å². The van der Waals surface area contributed by atoms with Gasteiger partial charge in [0.05, 0.1) is 12.0 Å². The Morgan fingerprint density at radius 2 is 1.59 bits per heavy atom. The highest BCUT2D eigenvalue weighted by atomic mass is 32.2. The molecule has 0 saturated heterocycles. The van der Waals surface area contributed by atoms with Gasteiger partial charge in [0.25, 0.3) is 0 Å². The first kappa shape index (κ1) is 26.3. The largest absolute Gasteiger partial charge is 0.480 e. The summed E-state index contributed by atoms with van der Waals surface area (Å²) in [6.45, 7) is 3.66. The molecule has 7 nitrogen and oxygen atoms in total. The molecular formula is C31H27NO6S. The number of amides is 1. The zero-order valence-electron chi connectivity index (χ0n) is 21.5. The Hall–Kier alpha value is -4.30. The van der Waals surface area contributed by atoms with E-state index in [0.717, 1.165) is 27.8 Å². The molecule has 0 spiro atoms. The van der Waals surface area contributed by atoms with E-state index < -0.39 is 23.5 Å². The lowest BCUT2D eigenvalue weighted by molar-refractivity contribution is -0.141. The highest BCUT2D eigenvalue weighted by Gasteiger charge is 2.23. The number of carbonyl (C=O) groups excluding carboxylic acids is 1. The molecule has 5 rings (SSSR count). The summed E-state index contributed by atoms with van der Waals surface area (Å²) >= 11 is 1.42. The highest BCUT2D eigenvalue weighted by Crippen LogP contribution is 2.37. The zero-order chi connectivity index (χ0) is 27.5. The number of hydrogen-bond donors (Lipinski definition) is 2. The number of aryl methyl sites for hydroxylation is 2. The lowest BCUT2D eigenvalue weighted by atomic mass is 9.98. The van der Waals surface area contributed by atoms with Crippen molar-refractivity contribution >= 4 is 45.6 Å². The number of thioether (sulfide) groups is 1. The summed E-state index contributed by atoms with van der Waals surface area (Å²) < 4.78 is 11.6. The molecule has 1 atom stereocenters. The average Bonchev–Trinajstić information content (AvgIpc) is 3.25. The number of fused-ring (bicyclic) bond motifs is 2. The maximum Gasteiger partial charge on any atom is 0.340 e. The number of furan rings is 1. The molecule has 2 heterocycles. The minimum atomic E-state index is -1.13. The van der Waals surface area contributed by atoms with Gasteiger partial charge in [0.1, 0.15) is 23.0 Å². The molecule has 1 unspecified atom stereocenters. The summed E-state index contributed by atoms with van der Waals surface area (Å²) in [5, 5.41) is 13.8. The van der Waals surface area contributed by atoms with Crippen molar-refractivity contribution in [2.75, 3.05) is 5.75 Å². The quantitative estimate of drug-likeness (QED) is 0.225. The molecule has 8 heteroatoms. The second-order valence-corrected chi connectivity index (χ2v) is 10.4. The van der Waals surface area contributed by atoms with Crippen molar-refractivity contribution in [2.45, 2.75) is 32.1 Å². The second-order valence-electron chi connectivity index (χ2n) is 9.37. The topological polar surface area (TPSA) is 110 Å². The van der Waals surface area contributed by atoms with Gasteiger partial charge in [-0.3, -0.25) is 4.79 Å². The molecule has 0 aliphatic rings. The lowest BCUT2D eigenvalue weighted by Gasteiger charge is -2.15. The third-order valence-electron chi connectivity index (χ3n) is 6.70. The minimum absolute atomic E-state index is 0.196. The standard InChI is InChI=1S/C31H27NO6S/c1-18-22-13-24-27(37-19(2)29(24)21-11-7-4-8-12-21)15-26(22)38-31(36)23(18)14-28(33)32-25(30(34)35)17-39-16-20-9-5-3-6-10-20/h3-13,15,25H,14,16-17H2,1-2H3,(H,32,33)(H,34,35). The van der Waals surface area contributed by atoms with Gasteiger partial charge in [0.15, 0.2) is 0 Å². The van der Waals surface area contributed by atoms with E-state index in [9.17, 15) is 19.5 Å². The Labute approximate surface area is 228 Å². The van der Waals surface area contributed by atoms with Crippen molar-refractivity contribution in [3.05, 3.63) is 106 Å². The van der Waals surface area contributed by atoms with Gasteiger partial charge in [-0.2, -0.15) is 11.8 Å². The number of benzene rings is 3. The number of rotatable bonds is 9. The Morgan fingerprint density at radius 1 is 0.923 bits per heavy atom. The maximum absolute atomic E-state index is 12.9. The van der Waals surface area contributed by atoms with Crippen LogP contribution >= 0.6 is 11.8 Å². The van der Waals surface area contributed by atoms with Crippen LogP contribution in [0.3, 0.4) is 0 Å². The van der Waals surface area contributed by atoms with E-state index in [1.54, 1.807) is 13.0 Å². The highest BCUT2D eigenvalue weighted by molar-refractivity contribution is 7.98. The fourth-order valence-electron chi connectivity index (χ4n) is 4.72. The second kappa shape index (κ2) is 11.2. The van der Waals surface area contributed by atoms with Gasteiger partial charge in [0.2, 0.25) is 5.91 Å². The molecule has 198 valence electrons. The molecular weight excluding hydrogens is 514 g/mol. The first-order valence-corrected chi connectivity index (χ1v) is 13.7. The zero-order valence-corrected chi connectivity index (χ0v) is 22.3. The molecule has 0 saturated carbocycles. The van der Waals surface area contributed by atoms with Crippen molar-refractivity contribution < 1.29 is 23.5 Å². The summed E-state index contributed by atoms with van der Waals surface area (Å²) in [5.74, 6) is -0.113. The van der Waals surface area contributed by atoms with E-state index in [1.165, 1.54) is 11.8 Å². The third-order valence-corrected chi connectivity index (χ3v) is 7.81. The Balaban J connectivity index is 1.39. The number of aliphatic carboxylic acids is 1. The lowest BCUT2D eigenvalue weighted by Crippen LogP contribution is -2.43. The Morgan fingerprint density at radius 3 is 2.28 bits per heavy atom. The molecule has 2 N–H and O–H groups in total. The molecule has 5 aromatic rings. The molecule has 39 heavy (non-hydrogen) atoms. The van der Waals surface area contributed by atoms with Crippen LogP contribution < -0.4 is 10.9 Å². The van der Waals surface area contributed by atoms with Crippen molar-refractivity contribution in [3.8, 4) is 11.1 Å². The normalized spacial score (nSPS) is 12.1. The smallest absolute Gasteiger partial charge is 0.340 e. The van der Waals surface area contributed by atoms with Gasteiger partial charge in [-0.1, -0.05) is 60.7 Å². The van der Waals surface area contributed by atoms with Crippen LogP contribution in [0.1, 0.15) is 22.5 Å². The van der Waals surface area contributed by atoms with Crippen LogP contribution in [-0.4, -0.2) is 28.8 Å². The van der Waals surface area contributed by atoms with Crippen LogP contribution in [0.25, 0.3) is 33.1 Å². The fourth-order valence-corrected chi connectivity index (χ4v) is 5.73. The van der Waals surface area contributed by atoms with Crippen LogP contribution in [0.5, 0.6) is 0 Å². The molecule has 2 aromatic heterocycles. The van der Waals surface area contributed by atoms with Gasteiger partial charge in [0, 0.05) is 33.9 Å². The number of hydrogen-bond acceptors (Lipinski definition) is 6. The van der Waals surface area contributed by atoms with Crippen LogP contribution in [0.15, 0.2) is 86.4 Å². The molecule has 0 radical (unpaired) electrons. The first-order chi connectivity index (χ1) is 18.8. The summed E-state index contributed by atoms with van der Waals surface area (Å²) in [5.41, 5.74) is 4.17. The van der Waals surface area contributed by atoms with E-state index in [4.69, 9.17) is 8.83 Å². The summed E-state index contributed by atoms with van der Waals surface area (Å²) in [4.78, 5) is 37.5. The summed E-state index contributed by atoms with van der Waals surface area (Å²) in [7, 11) is 0. The minimum Gasteiger partial charge on any atom is -0.480 e. The molecule has 3 aromatic carbocycles. The Kier molecular flexibility index (Phi) is 7.56. The number of nitrogens with one attached hydrogen (secondary N) is 1. The molecule has 0 aliphatic heterocycles. The molecule has 1 amide bonds. The van der Waals surface area contributed by atoms with E-state index in [1.807, 2.05) is 73.7 Å². The van der Waals surface area contributed by atoms with Crippen LogP contribution in [0.2, 0.25) is 0 Å². The van der Waals surface area contributed by atoms with Gasteiger partial charge in [-0.05, 0) is 36.6 Å². The number of carboxylic acids is 1. The van der Waals surface area contributed by atoms with Gasteiger partial charge in [-0.15, -0.1) is 0 Å². The molecule has 0 aliphatic carbocycles. The number of carboxylic acid groups (broad SMARTS) is 1. The fraction of sp³-hybridized carbons (Fsp3) is 0.194. The van der Waals surface area contributed by atoms with Gasteiger partial charge >= 0.3 is 11.6 Å². The molecule has 0 bridgehead atoms. The SMILES string of the molecule is Cc1oc2cc3oc(=O)c(CC(=O)NC(CSCc4ccccc4)C(=O)O)c(C)c3cc2c1-c1ccccc1. The van der Waals surface area contributed by atoms with Crippen molar-refractivity contribution in [1.82, 2.24) is 5.32 Å². The van der Waals surface area contributed by atoms with Gasteiger partial charge < -0.3 is 19.3 Å². The maximum atomic E-state index is 12.9. The van der Waals surface area contributed by atoms with Crippen molar-refractivity contribution in [2.24, 2.45) is 0 Å². The van der Waals surface area contributed by atoms with Crippen molar-refractivity contribution in [3.63, 3.8) is 0 Å².